The van der Waals surface area contributed by atoms with Crippen molar-refractivity contribution in [1.82, 2.24) is 9.97 Å². The van der Waals surface area contributed by atoms with E-state index in [0.29, 0.717) is 5.56 Å². The number of benzene rings is 2. The van der Waals surface area contributed by atoms with Crippen molar-refractivity contribution in [1.29, 1.82) is 0 Å². The summed E-state index contributed by atoms with van der Waals surface area (Å²) in [6, 6.07) is 12.1. The first-order valence-corrected chi connectivity index (χ1v) is 9.39. The van der Waals surface area contributed by atoms with Crippen LogP contribution in [0.1, 0.15) is 30.0 Å². The van der Waals surface area contributed by atoms with Gasteiger partial charge in [0, 0.05) is 29.7 Å². The summed E-state index contributed by atoms with van der Waals surface area (Å²) in [4.78, 5) is 11.7. The maximum Gasteiger partial charge on any atom is 0.126 e. The van der Waals surface area contributed by atoms with Gasteiger partial charge in [-0.25, -0.2) is 14.4 Å². The van der Waals surface area contributed by atoms with Crippen LogP contribution in [0.15, 0.2) is 36.4 Å². The van der Waals surface area contributed by atoms with Crippen molar-refractivity contribution in [3.63, 3.8) is 0 Å². The standard InChI is InChI=1S/C22H24FN3O/c1-14-18(15(2)23)5-4-6-19(14)22-20-13-17(26-9-11-27-12-10-26)7-8-21(20)24-16(3)25-22/h4-8,13,15H,9-12H2,1-3H3. The van der Waals surface area contributed by atoms with E-state index < -0.39 is 6.17 Å². The summed E-state index contributed by atoms with van der Waals surface area (Å²) in [6.07, 6.45) is -1.01. The minimum absolute atomic E-state index is 0.709. The zero-order chi connectivity index (χ0) is 19.0. The lowest BCUT2D eigenvalue weighted by Crippen LogP contribution is -2.36. The third-order valence-electron chi connectivity index (χ3n) is 5.23. The number of nitrogens with zero attached hydrogens (tertiary/aromatic N) is 3. The number of alkyl halides is 1. The average Bonchev–Trinajstić information content (AvgIpc) is 2.67. The summed E-state index contributed by atoms with van der Waals surface area (Å²) < 4.78 is 19.5. The Hall–Kier alpha value is -2.53. The van der Waals surface area contributed by atoms with Crippen molar-refractivity contribution in [3.05, 3.63) is 53.3 Å². The van der Waals surface area contributed by atoms with Crippen molar-refractivity contribution in [2.75, 3.05) is 31.2 Å². The molecule has 1 saturated heterocycles. The van der Waals surface area contributed by atoms with E-state index in [1.165, 1.54) is 0 Å². The van der Waals surface area contributed by atoms with Crippen molar-refractivity contribution in [2.24, 2.45) is 0 Å². The van der Waals surface area contributed by atoms with Gasteiger partial charge < -0.3 is 9.64 Å². The van der Waals surface area contributed by atoms with Gasteiger partial charge in [-0.2, -0.15) is 0 Å². The second-order valence-corrected chi connectivity index (χ2v) is 7.06. The lowest BCUT2D eigenvalue weighted by atomic mass is 9.95. The first kappa shape index (κ1) is 17.9. The highest BCUT2D eigenvalue weighted by atomic mass is 19.1. The van der Waals surface area contributed by atoms with Gasteiger partial charge in [-0.1, -0.05) is 18.2 Å². The average molecular weight is 365 g/mol. The second kappa shape index (κ2) is 7.24. The summed E-state index contributed by atoms with van der Waals surface area (Å²) in [7, 11) is 0. The van der Waals surface area contributed by atoms with Crippen LogP contribution >= 0.6 is 0 Å². The van der Waals surface area contributed by atoms with Crippen LogP contribution in [0.4, 0.5) is 10.1 Å². The molecule has 0 N–H and O–H groups in total. The smallest absolute Gasteiger partial charge is 0.126 e. The molecule has 2 heterocycles. The van der Waals surface area contributed by atoms with Gasteiger partial charge in [-0.05, 0) is 50.1 Å². The molecular formula is C22H24FN3O. The molecule has 1 fully saturated rings. The monoisotopic (exact) mass is 365 g/mol. The molecule has 0 amide bonds. The lowest BCUT2D eigenvalue weighted by Gasteiger charge is -2.29. The Kier molecular flexibility index (Phi) is 4.79. The molecule has 1 aliphatic rings. The number of morpholine rings is 1. The van der Waals surface area contributed by atoms with E-state index in [4.69, 9.17) is 9.72 Å². The Morgan fingerprint density at radius 3 is 2.59 bits per heavy atom. The van der Waals surface area contributed by atoms with Gasteiger partial charge in [-0.15, -0.1) is 0 Å². The molecular weight excluding hydrogens is 341 g/mol. The number of hydrogen-bond donors (Lipinski definition) is 0. The number of aromatic nitrogens is 2. The molecule has 1 unspecified atom stereocenters. The molecule has 1 atom stereocenters. The predicted molar refractivity (Wildman–Crippen MR) is 107 cm³/mol. The van der Waals surface area contributed by atoms with Crippen LogP contribution in [0.2, 0.25) is 0 Å². The zero-order valence-electron chi connectivity index (χ0n) is 16.0. The second-order valence-electron chi connectivity index (χ2n) is 7.06. The Balaban J connectivity index is 1.90. The molecule has 0 aliphatic carbocycles. The molecule has 0 bridgehead atoms. The fourth-order valence-electron chi connectivity index (χ4n) is 3.80. The van der Waals surface area contributed by atoms with Crippen molar-refractivity contribution in [3.8, 4) is 11.3 Å². The molecule has 5 heteroatoms. The van der Waals surface area contributed by atoms with E-state index in [2.05, 4.69) is 28.1 Å². The minimum Gasteiger partial charge on any atom is -0.378 e. The molecule has 3 aromatic rings. The van der Waals surface area contributed by atoms with Crippen LogP contribution in [-0.2, 0) is 4.74 Å². The normalized spacial score (nSPS) is 15.9. The zero-order valence-corrected chi connectivity index (χ0v) is 16.0. The van der Waals surface area contributed by atoms with Crippen molar-refractivity contribution in [2.45, 2.75) is 26.9 Å². The predicted octanol–water partition coefficient (Wildman–Crippen LogP) is 4.78. The summed E-state index contributed by atoms with van der Waals surface area (Å²) in [5, 5.41) is 0.997. The first-order chi connectivity index (χ1) is 13.0. The first-order valence-electron chi connectivity index (χ1n) is 9.39. The van der Waals surface area contributed by atoms with Crippen LogP contribution in [0.5, 0.6) is 0 Å². The molecule has 27 heavy (non-hydrogen) atoms. The number of anilines is 1. The van der Waals surface area contributed by atoms with Gasteiger partial charge in [0.1, 0.15) is 12.0 Å². The highest BCUT2D eigenvalue weighted by Crippen LogP contribution is 2.34. The van der Waals surface area contributed by atoms with E-state index in [0.717, 1.165) is 65.5 Å². The summed E-state index contributed by atoms with van der Waals surface area (Å²) >= 11 is 0. The maximum atomic E-state index is 14.0. The largest absolute Gasteiger partial charge is 0.378 e. The Bertz CT molecular complexity index is 981. The molecule has 140 valence electrons. The van der Waals surface area contributed by atoms with Gasteiger partial charge in [0.2, 0.25) is 0 Å². The van der Waals surface area contributed by atoms with Crippen LogP contribution < -0.4 is 4.90 Å². The van der Waals surface area contributed by atoms with Crippen molar-refractivity contribution < 1.29 is 9.13 Å². The number of halogens is 1. The molecule has 1 aliphatic heterocycles. The minimum atomic E-state index is -1.01. The topological polar surface area (TPSA) is 38.2 Å². The van der Waals surface area contributed by atoms with Crippen LogP contribution in [-0.4, -0.2) is 36.3 Å². The van der Waals surface area contributed by atoms with Gasteiger partial charge >= 0.3 is 0 Å². The van der Waals surface area contributed by atoms with Gasteiger partial charge in [0.15, 0.2) is 0 Å². The quantitative estimate of drug-likeness (QED) is 0.669. The molecule has 0 spiro atoms. The SMILES string of the molecule is Cc1nc(-c2cccc(C(C)F)c2C)c2cc(N3CCOCC3)ccc2n1. The van der Waals surface area contributed by atoms with Crippen LogP contribution in [0.25, 0.3) is 22.2 Å². The molecule has 4 nitrogen and oxygen atoms in total. The Morgan fingerprint density at radius 1 is 1.07 bits per heavy atom. The highest BCUT2D eigenvalue weighted by molar-refractivity contribution is 5.95. The van der Waals surface area contributed by atoms with E-state index >= 15 is 0 Å². The van der Waals surface area contributed by atoms with Gasteiger partial charge in [0.05, 0.1) is 24.4 Å². The molecule has 1 aromatic heterocycles. The number of ether oxygens (including phenoxy) is 1. The van der Waals surface area contributed by atoms with Crippen molar-refractivity contribution >= 4 is 16.6 Å². The van der Waals surface area contributed by atoms with Gasteiger partial charge in [-0.3, -0.25) is 0 Å². The maximum absolute atomic E-state index is 14.0. The van der Waals surface area contributed by atoms with E-state index in [9.17, 15) is 4.39 Å². The lowest BCUT2D eigenvalue weighted by molar-refractivity contribution is 0.122. The molecule has 4 rings (SSSR count). The number of fused-ring (bicyclic) bond motifs is 1. The van der Waals surface area contributed by atoms with E-state index in [1.54, 1.807) is 6.92 Å². The molecule has 2 aromatic carbocycles. The Morgan fingerprint density at radius 2 is 1.85 bits per heavy atom. The number of rotatable bonds is 3. The number of aryl methyl sites for hydroxylation is 1. The van der Waals surface area contributed by atoms with E-state index in [1.807, 2.05) is 32.0 Å². The van der Waals surface area contributed by atoms with Gasteiger partial charge in [0.25, 0.3) is 0 Å². The third kappa shape index (κ3) is 3.39. The molecule has 0 radical (unpaired) electrons. The molecule has 0 saturated carbocycles. The summed E-state index contributed by atoms with van der Waals surface area (Å²) in [6.45, 7) is 8.68. The Labute approximate surface area is 159 Å². The van der Waals surface area contributed by atoms with Crippen LogP contribution in [0.3, 0.4) is 0 Å². The summed E-state index contributed by atoms with van der Waals surface area (Å²) in [5.41, 5.74) is 5.53. The fourth-order valence-corrected chi connectivity index (χ4v) is 3.80. The van der Waals surface area contributed by atoms with E-state index in [-0.39, 0.29) is 0 Å². The third-order valence-corrected chi connectivity index (χ3v) is 5.23. The number of hydrogen-bond acceptors (Lipinski definition) is 4. The highest BCUT2D eigenvalue weighted by Gasteiger charge is 2.17. The summed E-state index contributed by atoms with van der Waals surface area (Å²) in [5.74, 6) is 0.717. The fraction of sp³-hybridized carbons (Fsp3) is 0.364. The van der Waals surface area contributed by atoms with Crippen LogP contribution in [0, 0.1) is 13.8 Å².